The van der Waals surface area contributed by atoms with Gasteiger partial charge in [-0.3, -0.25) is 0 Å². The van der Waals surface area contributed by atoms with E-state index >= 15 is 0 Å². The lowest BCUT2D eigenvalue weighted by atomic mass is 9.98. The minimum absolute atomic E-state index is 0.0338. The quantitative estimate of drug-likeness (QED) is 0.406. The summed E-state index contributed by atoms with van der Waals surface area (Å²) in [4.78, 5) is 12.2. The predicted octanol–water partition coefficient (Wildman–Crippen LogP) is 3.87. The van der Waals surface area contributed by atoms with Crippen LogP contribution in [0.3, 0.4) is 0 Å². The van der Waals surface area contributed by atoms with Crippen molar-refractivity contribution < 1.29 is 28.5 Å². The second-order valence-electron chi connectivity index (χ2n) is 7.95. The van der Waals surface area contributed by atoms with Gasteiger partial charge in [-0.1, -0.05) is 48.5 Å². The van der Waals surface area contributed by atoms with E-state index in [1.807, 2.05) is 48.5 Å². The van der Waals surface area contributed by atoms with Crippen molar-refractivity contribution in [2.45, 2.75) is 24.5 Å². The van der Waals surface area contributed by atoms with E-state index in [1.165, 1.54) is 0 Å². The fourth-order valence-electron chi connectivity index (χ4n) is 4.14. The summed E-state index contributed by atoms with van der Waals surface area (Å²) in [5, 5.41) is 22.8. The number of aliphatic hydroxyl groups is 2. The molecule has 0 saturated heterocycles. The van der Waals surface area contributed by atoms with Gasteiger partial charge in [0.05, 0.1) is 11.8 Å². The minimum atomic E-state index is -1.68. The number of halogens is 2. The molecule has 0 aromatic heterocycles. The Balaban J connectivity index is 1.30. The Kier molecular flexibility index (Phi) is 6.57. The molecule has 8 heteroatoms. The number of aliphatic hydroxyl groups excluding tert-OH is 2. The number of nitrogen functional groups attached to an aromatic ring is 1. The third kappa shape index (κ3) is 4.67. The number of anilines is 1. The highest BCUT2D eigenvalue weighted by Gasteiger charge is 2.29. The maximum absolute atomic E-state index is 13.9. The van der Waals surface area contributed by atoms with Gasteiger partial charge in [-0.05, 0) is 34.7 Å². The Hall–Kier alpha value is -3.49. The molecule has 6 nitrogen and oxygen atoms in total. The van der Waals surface area contributed by atoms with Gasteiger partial charge in [-0.2, -0.15) is 0 Å². The molecule has 0 fully saturated rings. The predicted molar refractivity (Wildman–Crippen MR) is 119 cm³/mol. The molecule has 2 atom stereocenters. The number of amides is 1. The number of rotatable bonds is 7. The number of carbonyl (C=O) groups excluding carboxylic acids is 1. The van der Waals surface area contributed by atoms with Gasteiger partial charge < -0.3 is 26.0 Å². The number of nitrogens with one attached hydrogen (secondary N) is 1. The molecule has 0 bridgehead atoms. The van der Waals surface area contributed by atoms with Crippen molar-refractivity contribution in [2.75, 3.05) is 18.9 Å². The van der Waals surface area contributed by atoms with E-state index in [9.17, 15) is 23.8 Å². The van der Waals surface area contributed by atoms with Crippen molar-refractivity contribution in [3.05, 3.63) is 89.0 Å². The second kappa shape index (κ2) is 9.56. The van der Waals surface area contributed by atoms with Crippen LogP contribution in [-0.2, 0) is 4.74 Å². The summed E-state index contributed by atoms with van der Waals surface area (Å²) in [7, 11) is 0. The maximum Gasteiger partial charge on any atom is 0.407 e. The molecule has 0 aliphatic heterocycles. The molecule has 1 amide bonds. The van der Waals surface area contributed by atoms with Gasteiger partial charge in [0.2, 0.25) is 0 Å². The van der Waals surface area contributed by atoms with Crippen LogP contribution in [0.1, 0.15) is 35.1 Å². The number of hydrogen-bond acceptors (Lipinski definition) is 5. The third-order valence-corrected chi connectivity index (χ3v) is 5.85. The smallest absolute Gasteiger partial charge is 0.407 e. The molecule has 1 aliphatic carbocycles. The van der Waals surface area contributed by atoms with E-state index in [2.05, 4.69) is 5.32 Å². The molecular formula is C25H24F2N2O4. The molecule has 4 rings (SSSR count). The molecular weight excluding hydrogens is 430 g/mol. The van der Waals surface area contributed by atoms with Gasteiger partial charge >= 0.3 is 6.09 Å². The Morgan fingerprint density at radius 2 is 1.61 bits per heavy atom. The molecule has 0 spiro atoms. The summed E-state index contributed by atoms with van der Waals surface area (Å²) in [6.45, 7) is 0.106. The zero-order valence-corrected chi connectivity index (χ0v) is 17.7. The van der Waals surface area contributed by atoms with E-state index in [4.69, 9.17) is 10.5 Å². The number of ether oxygens (including phenoxy) is 1. The van der Waals surface area contributed by atoms with Crippen LogP contribution < -0.4 is 11.1 Å². The van der Waals surface area contributed by atoms with Gasteiger partial charge in [-0.15, -0.1) is 0 Å². The fourth-order valence-corrected chi connectivity index (χ4v) is 4.14. The van der Waals surface area contributed by atoms with Crippen LogP contribution in [0.15, 0.2) is 60.7 Å². The Bertz CT molecular complexity index is 1130. The Morgan fingerprint density at radius 3 is 2.24 bits per heavy atom. The summed E-state index contributed by atoms with van der Waals surface area (Å²) in [6.07, 6.45) is -3.89. The highest BCUT2D eigenvalue weighted by molar-refractivity contribution is 5.79. The van der Waals surface area contributed by atoms with E-state index in [0.717, 1.165) is 34.4 Å². The first-order chi connectivity index (χ1) is 15.9. The first-order valence-corrected chi connectivity index (χ1v) is 10.6. The SMILES string of the molecule is Nc1cc(F)c(C(O)C(O)CCNC(=O)OCC2c3ccccc3-c3ccccc32)cc1F. The largest absolute Gasteiger partial charge is 0.449 e. The van der Waals surface area contributed by atoms with E-state index in [1.54, 1.807) is 0 Å². The topological polar surface area (TPSA) is 105 Å². The number of benzene rings is 3. The number of hydrogen-bond donors (Lipinski definition) is 4. The molecule has 33 heavy (non-hydrogen) atoms. The summed E-state index contributed by atoms with van der Waals surface area (Å²) in [6, 6.07) is 17.4. The average Bonchev–Trinajstić information content (AvgIpc) is 3.13. The summed E-state index contributed by atoms with van der Waals surface area (Å²) in [5.41, 5.74) is 8.89. The van der Waals surface area contributed by atoms with Crippen LogP contribution in [-0.4, -0.2) is 35.6 Å². The molecule has 3 aromatic rings. The number of nitrogens with two attached hydrogens (primary N) is 1. The molecule has 5 N–H and O–H groups in total. The van der Waals surface area contributed by atoms with Crippen molar-refractivity contribution in [1.82, 2.24) is 5.32 Å². The van der Waals surface area contributed by atoms with Crippen LogP contribution in [0.25, 0.3) is 11.1 Å². The van der Waals surface area contributed by atoms with E-state index in [-0.39, 0.29) is 25.5 Å². The molecule has 2 unspecified atom stereocenters. The number of carbonyl (C=O) groups is 1. The maximum atomic E-state index is 13.9. The first-order valence-electron chi connectivity index (χ1n) is 10.6. The molecule has 0 radical (unpaired) electrons. The van der Waals surface area contributed by atoms with Crippen molar-refractivity contribution in [3.63, 3.8) is 0 Å². The Labute approximate surface area is 189 Å². The molecule has 172 valence electrons. The van der Waals surface area contributed by atoms with Gasteiger partial charge in [0.25, 0.3) is 0 Å². The number of fused-ring (bicyclic) bond motifs is 3. The van der Waals surface area contributed by atoms with Gasteiger partial charge in [0, 0.05) is 24.1 Å². The van der Waals surface area contributed by atoms with Crippen molar-refractivity contribution in [3.8, 4) is 11.1 Å². The van der Waals surface area contributed by atoms with Crippen molar-refractivity contribution >= 4 is 11.8 Å². The molecule has 0 saturated carbocycles. The first kappa shape index (κ1) is 22.7. The monoisotopic (exact) mass is 454 g/mol. The molecule has 1 aliphatic rings. The van der Waals surface area contributed by atoms with Crippen LogP contribution >= 0.6 is 0 Å². The van der Waals surface area contributed by atoms with Gasteiger partial charge in [-0.25, -0.2) is 13.6 Å². The molecule has 3 aromatic carbocycles. The summed E-state index contributed by atoms with van der Waals surface area (Å²) >= 11 is 0. The summed E-state index contributed by atoms with van der Waals surface area (Å²) in [5.74, 6) is -1.90. The molecule has 0 heterocycles. The zero-order valence-electron chi connectivity index (χ0n) is 17.7. The lowest BCUT2D eigenvalue weighted by Gasteiger charge is -2.19. The van der Waals surface area contributed by atoms with Crippen molar-refractivity contribution in [2.24, 2.45) is 0 Å². The summed E-state index contributed by atoms with van der Waals surface area (Å²) < 4.78 is 32.9. The van der Waals surface area contributed by atoms with Gasteiger partial charge in [0.15, 0.2) is 0 Å². The zero-order chi connectivity index (χ0) is 23.5. The van der Waals surface area contributed by atoms with E-state index < -0.39 is 41.2 Å². The third-order valence-electron chi connectivity index (χ3n) is 5.85. The number of alkyl carbamates (subject to hydrolysis) is 1. The lowest BCUT2D eigenvalue weighted by Crippen LogP contribution is -2.31. The lowest BCUT2D eigenvalue weighted by molar-refractivity contribution is 0.0115. The fraction of sp³-hybridized carbons (Fsp3) is 0.240. The highest BCUT2D eigenvalue weighted by atomic mass is 19.1. The average molecular weight is 454 g/mol. The van der Waals surface area contributed by atoms with Crippen molar-refractivity contribution in [1.29, 1.82) is 0 Å². The van der Waals surface area contributed by atoms with Crippen LogP contribution in [0.2, 0.25) is 0 Å². The van der Waals surface area contributed by atoms with Crippen LogP contribution in [0.5, 0.6) is 0 Å². The standard InChI is InChI=1S/C25H24F2N2O4/c26-20-12-22(28)21(27)11-18(20)24(31)23(30)9-10-29-25(32)33-13-19-16-7-3-1-5-14(16)15-6-2-4-8-17(15)19/h1-8,11-12,19,23-24,30-31H,9-10,13,28H2,(H,29,32). The van der Waals surface area contributed by atoms with Crippen LogP contribution in [0.4, 0.5) is 19.3 Å². The van der Waals surface area contributed by atoms with Crippen LogP contribution in [0, 0.1) is 11.6 Å². The van der Waals surface area contributed by atoms with Gasteiger partial charge in [0.1, 0.15) is 24.3 Å². The normalized spacial score (nSPS) is 14.3. The Morgan fingerprint density at radius 1 is 1.00 bits per heavy atom. The second-order valence-corrected chi connectivity index (χ2v) is 7.95. The highest BCUT2D eigenvalue weighted by Crippen LogP contribution is 2.44. The minimum Gasteiger partial charge on any atom is -0.449 e. The van der Waals surface area contributed by atoms with E-state index in [0.29, 0.717) is 0 Å².